The predicted molar refractivity (Wildman–Crippen MR) is 77.7 cm³/mol. The van der Waals surface area contributed by atoms with Crippen molar-refractivity contribution in [2.24, 2.45) is 0 Å². The van der Waals surface area contributed by atoms with E-state index in [1.54, 1.807) is 0 Å². The number of para-hydroxylation sites is 1. The summed E-state index contributed by atoms with van der Waals surface area (Å²) in [5, 5.41) is 3.87. The average molecular weight is 272 g/mol. The van der Waals surface area contributed by atoms with Crippen molar-refractivity contribution in [2.45, 2.75) is 19.9 Å². The second-order valence-corrected chi connectivity index (χ2v) is 5.21. The number of aromatic nitrogens is 2. The highest BCUT2D eigenvalue weighted by Gasteiger charge is 2.25. The Morgan fingerprint density at radius 3 is 2.40 bits per heavy atom. The molecule has 1 unspecified atom stereocenters. The molecule has 2 heterocycles. The molecule has 0 aliphatic carbocycles. The van der Waals surface area contributed by atoms with Crippen molar-refractivity contribution in [2.75, 3.05) is 31.1 Å². The first kappa shape index (κ1) is 13.1. The van der Waals surface area contributed by atoms with E-state index in [1.807, 2.05) is 6.92 Å². The van der Waals surface area contributed by atoms with E-state index < -0.39 is 0 Å². The summed E-state index contributed by atoms with van der Waals surface area (Å²) in [6.07, 6.45) is 0. The van der Waals surface area contributed by atoms with Gasteiger partial charge in [0.05, 0.1) is 6.04 Å². The van der Waals surface area contributed by atoms with Crippen molar-refractivity contribution in [3.05, 3.63) is 42.0 Å². The highest BCUT2D eigenvalue weighted by molar-refractivity contribution is 5.46. The minimum absolute atomic E-state index is 0.189. The Balaban J connectivity index is 1.61. The number of hydrogen-bond acceptors (Lipinski definition) is 5. The molecule has 0 saturated carbocycles. The van der Waals surface area contributed by atoms with Gasteiger partial charge in [0, 0.05) is 31.9 Å². The third-order valence-electron chi connectivity index (χ3n) is 3.88. The number of piperazine rings is 1. The normalized spacial score (nSPS) is 18.2. The molecule has 2 aromatic rings. The van der Waals surface area contributed by atoms with E-state index in [0.29, 0.717) is 5.82 Å². The zero-order valence-electron chi connectivity index (χ0n) is 12.0. The van der Waals surface area contributed by atoms with Gasteiger partial charge < -0.3 is 9.42 Å². The summed E-state index contributed by atoms with van der Waals surface area (Å²) >= 11 is 0. The molecule has 0 N–H and O–H groups in total. The average Bonchev–Trinajstić information content (AvgIpc) is 2.94. The summed E-state index contributed by atoms with van der Waals surface area (Å²) < 4.78 is 5.27. The predicted octanol–water partition coefficient (Wildman–Crippen LogP) is 2.26. The Morgan fingerprint density at radius 2 is 1.80 bits per heavy atom. The van der Waals surface area contributed by atoms with Gasteiger partial charge in [-0.25, -0.2) is 0 Å². The van der Waals surface area contributed by atoms with Gasteiger partial charge in [0.1, 0.15) is 0 Å². The second kappa shape index (κ2) is 5.63. The topological polar surface area (TPSA) is 45.4 Å². The summed E-state index contributed by atoms with van der Waals surface area (Å²) in [6, 6.07) is 10.8. The first-order valence-electron chi connectivity index (χ1n) is 7.08. The summed E-state index contributed by atoms with van der Waals surface area (Å²) in [5.74, 6) is 1.42. The van der Waals surface area contributed by atoms with Gasteiger partial charge >= 0.3 is 0 Å². The third-order valence-corrected chi connectivity index (χ3v) is 3.88. The number of aryl methyl sites for hydroxylation is 1. The van der Waals surface area contributed by atoms with E-state index >= 15 is 0 Å². The fraction of sp³-hybridized carbons (Fsp3) is 0.467. The van der Waals surface area contributed by atoms with E-state index in [4.69, 9.17) is 4.52 Å². The summed E-state index contributed by atoms with van der Waals surface area (Å²) in [4.78, 5) is 9.14. The molecule has 5 heteroatoms. The summed E-state index contributed by atoms with van der Waals surface area (Å²) in [7, 11) is 0. The quantitative estimate of drug-likeness (QED) is 0.857. The third kappa shape index (κ3) is 2.67. The SMILES string of the molecule is Cc1noc(C(C)N2CCN(c3ccccc3)CC2)n1. The lowest BCUT2D eigenvalue weighted by molar-refractivity contribution is 0.164. The van der Waals surface area contributed by atoms with Crippen molar-refractivity contribution >= 4 is 5.69 Å². The van der Waals surface area contributed by atoms with Crippen molar-refractivity contribution in [3.8, 4) is 0 Å². The van der Waals surface area contributed by atoms with Gasteiger partial charge in [0.25, 0.3) is 0 Å². The lowest BCUT2D eigenvalue weighted by atomic mass is 10.2. The Morgan fingerprint density at radius 1 is 1.10 bits per heavy atom. The zero-order chi connectivity index (χ0) is 13.9. The highest BCUT2D eigenvalue weighted by Crippen LogP contribution is 2.22. The van der Waals surface area contributed by atoms with Crippen LogP contribution in [0.2, 0.25) is 0 Å². The molecule has 0 spiro atoms. The number of rotatable bonds is 3. The maximum atomic E-state index is 5.27. The highest BCUT2D eigenvalue weighted by atomic mass is 16.5. The Kier molecular flexibility index (Phi) is 3.69. The van der Waals surface area contributed by atoms with Crippen LogP contribution in [0.4, 0.5) is 5.69 Å². The number of benzene rings is 1. The van der Waals surface area contributed by atoms with Crippen LogP contribution >= 0.6 is 0 Å². The molecule has 0 bridgehead atoms. The van der Waals surface area contributed by atoms with Gasteiger partial charge in [-0.15, -0.1) is 0 Å². The molecular formula is C15H20N4O. The molecule has 1 aliphatic heterocycles. The lowest BCUT2D eigenvalue weighted by Gasteiger charge is -2.38. The van der Waals surface area contributed by atoms with E-state index in [0.717, 1.165) is 32.1 Å². The molecule has 5 nitrogen and oxygen atoms in total. The maximum absolute atomic E-state index is 5.27. The van der Waals surface area contributed by atoms with Gasteiger partial charge in [0.2, 0.25) is 5.89 Å². The molecule has 1 aromatic carbocycles. The molecule has 1 fully saturated rings. The molecular weight excluding hydrogens is 252 g/mol. The first-order valence-corrected chi connectivity index (χ1v) is 7.08. The minimum Gasteiger partial charge on any atom is -0.369 e. The molecule has 20 heavy (non-hydrogen) atoms. The Bertz CT molecular complexity index is 546. The van der Waals surface area contributed by atoms with Crippen LogP contribution < -0.4 is 4.90 Å². The number of anilines is 1. The van der Waals surface area contributed by atoms with Gasteiger partial charge in [-0.2, -0.15) is 4.98 Å². The van der Waals surface area contributed by atoms with Gasteiger partial charge in [0.15, 0.2) is 5.82 Å². The van der Waals surface area contributed by atoms with Gasteiger partial charge in [-0.1, -0.05) is 23.4 Å². The second-order valence-electron chi connectivity index (χ2n) is 5.21. The minimum atomic E-state index is 0.189. The summed E-state index contributed by atoms with van der Waals surface area (Å²) in [5.41, 5.74) is 1.30. The van der Waals surface area contributed by atoms with Gasteiger partial charge in [-0.3, -0.25) is 4.90 Å². The van der Waals surface area contributed by atoms with Gasteiger partial charge in [-0.05, 0) is 26.0 Å². The standard InChI is InChI=1S/C15H20N4O/c1-12(15-16-13(2)17-20-15)18-8-10-19(11-9-18)14-6-4-3-5-7-14/h3-7,12H,8-11H2,1-2H3. The maximum Gasteiger partial charge on any atom is 0.243 e. The molecule has 0 radical (unpaired) electrons. The largest absolute Gasteiger partial charge is 0.369 e. The molecule has 1 aliphatic rings. The van der Waals surface area contributed by atoms with Crippen LogP contribution in [0.15, 0.2) is 34.9 Å². The van der Waals surface area contributed by atoms with Crippen LogP contribution in [0.25, 0.3) is 0 Å². The van der Waals surface area contributed by atoms with Crippen molar-refractivity contribution in [1.82, 2.24) is 15.0 Å². The lowest BCUT2D eigenvalue weighted by Crippen LogP contribution is -2.47. The van der Waals surface area contributed by atoms with Crippen LogP contribution in [0.1, 0.15) is 24.7 Å². The van der Waals surface area contributed by atoms with Crippen molar-refractivity contribution in [1.29, 1.82) is 0 Å². The van der Waals surface area contributed by atoms with E-state index in [-0.39, 0.29) is 6.04 Å². The molecule has 3 rings (SSSR count). The monoisotopic (exact) mass is 272 g/mol. The first-order chi connectivity index (χ1) is 9.74. The number of hydrogen-bond donors (Lipinski definition) is 0. The van der Waals surface area contributed by atoms with Crippen LogP contribution in [0.3, 0.4) is 0 Å². The van der Waals surface area contributed by atoms with Crippen LogP contribution in [0, 0.1) is 6.92 Å². The smallest absolute Gasteiger partial charge is 0.243 e. The Hall–Kier alpha value is -1.88. The molecule has 1 saturated heterocycles. The van der Waals surface area contributed by atoms with Crippen LogP contribution in [-0.2, 0) is 0 Å². The number of nitrogens with zero attached hydrogens (tertiary/aromatic N) is 4. The van der Waals surface area contributed by atoms with E-state index in [1.165, 1.54) is 5.69 Å². The molecule has 0 amide bonds. The zero-order valence-corrected chi connectivity index (χ0v) is 12.0. The fourth-order valence-electron chi connectivity index (χ4n) is 2.65. The molecule has 1 aromatic heterocycles. The molecule has 1 atom stereocenters. The summed E-state index contributed by atoms with van der Waals surface area (Å²) in [6.45, 7) is 8.07. The van der Waals surface area contributed by atoms with Crippen LogP contribution in [-0.4, -0.2) is 41.2 Å². The van der Waals surface area contributed by atoms with Crippen molar-refractivity contribution in [3.63, 3.8) is 0 Å². The van der Waals surface area contributed by atoms with E-state index in [2.05, 4.69) is 57.2 Å². The van der Waals surface area contributed by atoms with Crippen molar-refractivity contribution < 1.29 is 4.52 Å². The Labute approximate surface area is 119 Å². The van der Waals surface area contributed by atoms with E-state index in [9.17, 15) is 0 Å². The van der Waals surface area contributed by atoms with Crippen LogP contribution in [0.5, 0.6) is 0 Å². The fourth-order valence-corrected chi connectivity index (χ4v) is 2.65. The molecule has 106 valence electrons.